The van der Waals surface area contributed by atoms with Crippen molar-refractivity contribution >= 4 is 28.2 Å². The molecule has 2 aromatic carbocycles. The number of hydrogen-bond acceptors (Lipinski definition) is 4. The SMILES string of the molecule is Cc1cc2cc(CNc3ccc(N4CCC(C(N)=O)CC4)cc3)c(=O)[nH]c2cc1C. The molecular weight excluding hydrogens is 376 g/mol. The first-order chi connectivity index (χ1) is 14.4. The van der Waals surface area contributed by atoms with Gasteiger partial charge in [-0.2, -0.15) is 0 Å². The third kappa shape index (κ3) is 4.17. The Labute approximate surface area is 176 Å². The van der Waals surface area contributed by atoms with Crippen molar-refractivity contribution in [1.82, 2.24) is 4.98 Å². The Morgan fingerprint density at radius 2 is 1.77 bits per heavy atom. The number of pyridine rings is 1. The van der Waals surface area contributed by atoms with Crippen LogP contribution in [0, 0.1) is 19.8 Å². The molecule has 0 saturated carbocycles. The third-order valence-corrected chi connectivity index (χ3v) is 6.15. The summed E-state index contributed by atoms with van der Waals surface area (Å²) in [5.74, 6) is -0.196. The Hall–Kier alpha value is -3.28. The molecule has 4 rings (SSSR count). The van der Waals surface area contributed by atoms with Gasteiger partial charge in [0.2, 0.25) is 5.91 Å². The molecule has 30 heavy (non-hydrogen) atoms. The van der Waals surface area contributed by atoms with E-state index in [0.29, 0.717) is 12.1 Å². The van der Waals surface area contributed by atoms with Gasteiger partial charge < -0.3 is 20.9 Å². The van der Waals surface area contributed by atoms with Crippen LogP contribution in [0.3, 0.4) is 0 Å². The fourth-order valence-electron chi connectivity index (χ4n) is 4.06. The summed E-state index contributed by atoms with van der Waals surface area (Å²) in [5.41, 5.74) is 11.4. The van der Waals surface area contributed by atoms with Gasteiger partial charge in [-0.1, -0.05) is 0 Å². The maximum Gasteiger partial charge on any atom is 0.253 e. The van der Waals surface area contributed by atoms with Gasteiger partial charge >= 0.3 is 0 Å². The van der Waals surface area contributed by atoms with Crippen LogP contribution in [0.5, 0.6) is 0 Å². The average molecular weight is 405 g/mol. The summed E-state index contributed by atoms with van der Waals surface area (Å²) in [5, 5.41) is 4.39. The zero-order valence-electron chi connectivity index (χ0n) is 17.5. The zero-order chi connectivity index (χ0) is 21.3. The number of amides is 1. The van der Waals surface area contributed by atoms with Gasteiger partial charge in [0, 0.05) is 48.0 Å². The van der Waals surface area contributed by atoms with Crippen molar-refractivity contribution in [2.24, 2.45) is 11.7 Å². The number of H-pyrrole nitrogens is 1. The molecule has 0 aliphatic carbocycles. The maximum absolute atomic E-state index is 12.5. The van der Waals surface area contributed by atoms with Gasteiger partial charge in [-0.25, -0.2) is 0 Å². The number of aromatic amines is 1. The van der Waals surface area contributed by atoms with Crippen LogP contribution in [0.15, 0.2) is 47.3 Å². The largest absolute Gasteiger partial charge is 0.381 e. The Morgan fingerprint density at radius 1 is 1.10 bits per heavy atom. The van der Waals surface area contributed by atoms with Crippen molar-refractivity contribution in [2.45, 2.75) is 33.2 Å². The molecule has 0 bridgehead atoms. The molecule has 1 fully saturated rings. The lowest BCUT2D eigenvalue weighted by Gasteiger charge is -2.32. The Balaban J connectivity index is 1.42. The molecule has 0 radical (unpaired) electrons. The van der Waals surface area contributed by atoms with Crippen molar-refractivity contribution in [3.05, 3.63) is 69.5 Å². The van der Waals surface area contributed by atoms with Crippen LogP contribution >= 0.6 is 0 Å². The van der Waals surface area contributed by atoms with E-state index in [4.69, 9.17) is 5.73 Å². The van der Waals surface area contributed by atoms with Crippen molar-refractivity contribution in [2.75, 3.05) is 23.3 Å². The first-order valence-electron chi connectivity index (χ1n) is 10.4. The number of nitrogens with two attached hydrogens (primary N) is 1. The van der Waals surface area contributed by atoms with Crippen LogP contribution in [-0.4, -0.2) is 24.0 Å². The quantitative estimate of drug-likeness (QED) is 0.607. The fourth-order valence-corrected chi connectivity index (χ4v) is 4.06. The Morgan fingerprint density at radius 3 is 2.43 bits per heavy atom. The standard InChI is InChI=1S/C24H28N4O2/c1-15-11-18-13-19(24(30)27-22(18)12-16(15)2)14-26-20-3-5-21(6-4-20)28-9-7-17(8-10-28)23(25)29/h3-6,11-13,17,26H,7-10,14H2,1-2H3,(H2,25,29)(H,27,30). The van der Waals surface area contributed by atoms with E-state index < -0.39 is 0 Å². The second-order valence-electron chi connectivity index (χ2n) is 8.21. The normalized spacial score (nSPS) is 14.8. The highest BCUT2D eigenvalue weighted by molar-refractivity contribution is 5.80. The summed E-state index contributed by atoms with van der Waals surface area (Å²) in [6, 6.07) is 14.3. The summed E-state index contributed by atoms with van der Waals surface area (Å²) >= 11 is 0. The predicted octanol–water partition coefficient (Wildman–Crippen LogP) is 3.46. The summed E-state index contributed by atoms with van der Waals surface area (Å²) in [6.07, 6.45) is 1.61. The molecule has 3 aromatic rings. The number of fused-ring (bicyclic) bond motifs is 1. The summed E-state index contributed by atoms with van der Waals surface area (Å²) in [6.45, 7) is 6.26. The molecule has 1 aliphatic rings. The monoisotopic (exact) mass is 404 g/mol. The first kappa shape index (κ1) is 20.0. The lowest BCUT2D eigenvalue weighted by atomic mass is 9.96. The van der Waals surface area contributed by atoms with E-state index in [1.54, 1.807) is 0 Å². The zero-order valence-corrected chi connectivity index (χ0v) is 17.5. The highest BCUT2D eigenvalue weighted by Gasteiger charge is 2.23. The Bertz CT molecular complexity index is 1130. The van der Waals surface area contributed by atoms with Crippen LogP contribution in [0.25, 0.3) is 10.9 Å². The molecule has 1 aliphatic heterocycles. The smallest absolute Gasteiger partial charge is 0.253 e. The van der Waals surface area contributed by atoms with Crippen molar-refractivity contribution in [1.29, 1.82) is 0 Å². The van der Waals surface area contributed by atoms with E-state index in [9.17, 15) is 9.59 Å². The van der Waals surface area contributed by atoms with E-state index in [-0.39, 0.29) is 17.4 Å². The van der Waals surface area contributed by atoms with Crippen molar-refractivity contribution in [3.8, 4) is 0 Å². The van der Waals surface area contributed by atoms with Gasteiger partial charge in [-0.05, 0) is 85.7 Å². The second-order valence-corrected chi connectivity index (χ2v) is 8.21. The van der Waals surface area contributed by atoms with Gasteiger partial charge in [-0.3, -0.25) is 9.59 Å². The first-order valence-corrected chi connectivity index (χ1v) is 10.4. The molecule has 4 N–H and O–H groups in total. The number of primary amides is 1. The molecule has 1 saturated heterocycles. The number of benzene rings is 2. The van der Waals surface area contributed by atoms with E-state index in [1.807, 2.05) is 31.2 Å². The molecule has 6 heteroatoms. The van der Waals surface area contributed by atoms with Crippen LogP contribution in [0.1, 0.15) is 29.5 Å². The number of nitrogens with one attached hydrogen (secondary N) is 2. The highest BCUT2D eigenvalue weighted by atomic mass is 16.1. The minimum absolute atomic E-state index is 0.00469. The molecule has 0 unspecified atom stereocenters. The van der Waals surface area contributed by atoms with E-state index in [2.05, 4.69) is 40.3 Å². The van der Waals surface area contributed by atoms with Crippen molar-refractivity contribution in [3.63, 3.8) is 0 Å². The molecule has 1 aromatic heterocycles. The van der Waals surface area contributed by atoms with Gasteiger partial charge in [-0.15, -0.1) is 0 Å². The predicted molar refractivity (Wildman–Crippen MR) is 122 cm³/mol. The molecular formula is C24H28N4O2. The Kier molecular flexibility index (Phi) is 5.48. The molecule has 156 valence electrons. The van der Waals surface area contributed by atoms with Crippen molar-refractivity contribution < 1.29 is 4.79 Å². The molecule has 1 amide bonds. The number of anilines is 2. The number of rotatable bonds is 5. The number of carbonyl (C=O) groups excluding carboxylic acids is 1. The second kappa shape index (κ2) is 8.22. The van der Waals surface area contributed by atoms with Crippen LogP contribution in [0.4, 0.5) is 11.4 Å². The summed E-state index contributed by atoms with van der Waals surface area (Å²) in [7, 11) is 0. The maximum atomic E-state index is 12.5. The van der Waals surface area contributed by atoms with Gasteiger partial charge in [0.1, 0.15) is 0 Å². The van der Waals surface area contributed by atoms with Crippen LogP contribution in [0.2, 0.25) is 0 Å². The third-order valence-electron chi connectivity index (χ3n) is 6.15. The molecule has 0 spiro atoms. The summed E-state index contributed by atoms with van der Waals surface area (Å²) < 4.78 is 0. The van der Waals surface area contributed by atoms with Crippen LogP contribution in [-0.2, 0) is 11.3 Å². The number of carbonyl (C=O) groups is 1. The summed E-state index contributed by atoms with van der Waals surface area (Å²) in [4.78, 5) is 29.1. The number of aromatic nitrogens is 1. The lowest BCUT2D eigenvalue weighted by Crippen LogP contribution is -2.38. The topological polar surface area (TPSA) is 91.2 Å². The average Bonchev–Trinajstić information content (AvgIpc) is 2.74. The minimum Gasteiger partial charge on any atom is -0.381 e. The molecule has 2 heterocycles. The van der Waals surface area contributed by atoms with E-state index in [1.165, 1.54) is 11.1 Å². The van der Waals surface area contributed by atoms with E-state index >= 15 is 0 Å². The number of hydrogen-bond donors (Lipinski definition) is 3. The highest BCUT2D eigenvalue weighted by Crippen LogP contribution is 2.25. The van der Waals surface area contributed by atoms with Crippen LogP contribution < -0.4 is 21.5 Å². The van der Waals surface area contributed by atoms with Gasteiger partial charge in [0.15, 0.2) is 0 Å². The van der Waals surface area contributed by atoms with Gasteiger partial charge in [0.25, 0.3) is 5.56 Å². The fraction of sp³-hybridized carbons (Fsp3) is 0.333. The molecule has 6 nitrogen and oxygen atoms in total. The van der Waals surface area contributed by atoms with Gasteiger partial charge in [0.05, 0.1) is 0 Å². The number of nitrogens with zero attached hydrogens (tertiary/aromatic N) is 1. The lowest BCUT2D eigenvalue weighted by molar-refractivity contribution is -0.122. The van der Waals surface area contributed by atoms with E-state index in [0.717, 1.165) is 48.2 Å². The minimum atomic E-state index is -0.192. The number of aryl methyl sites for hydroxylation is 2. The number of piperidine rings is 1. The molecule has 0 atom stereocenters.